The van der Waals surface area contributed by atoms with Gasteiger partial charge < -0.3 is 12.4 Å². The SMILES string of the molecule is [Cl-].c1cc[n+](Cc2cccs2)cc1. The maximum Gasteiger partial charge on any atom is 0.182 e. The van der Waals surface area contributed by atoms with E-state index in [1.54, 1.807) is 11.3 Å². The van der Waals surface area contributed by atoms with Gasteiger partial charge in [0.25, 0.3) is 0 Å². The maximum atomic E-state index is 2.17. The second-order valence-electron chi connectivity index (χ2n) is 2.63. The third-order valence-corrected chi connectivity index (χ3v) is 2.56. The number of aromatic nitrogens is 1. The van der Waals surface area contributed by atoms with E-state index in [4.69, 9.17) is 0 Å². The molecular weight excluding hydrogens is 202 g/mol. The van der Waals surface area contributed by atoms with E-state index < -0.39 is 0 Å². The van der Waals surface area contributed by atoms with Crippen molar-refractivity contribution in [3.63, 3.8) is 0 Å². The summed E-state index contributed by atoms with van der Waals surface area (Å²) in [6.45, 7) is 0.985. The highest BCUT2D eigenvalue weighted by Gasteiger charge is 2.00. The van der Waals surface area contributed by atoms with E-state index in [9.17, 15) is 0 Å². The molecule has 0 saturated heterocycles. The summed E-state index contributed by atoms with van der Waals surface area (Å²) in [6, 6.07) is 10.4. The van der Waals surface area contributed by atoms with Gasteiger partial charge in [-0.15, -0.1) is 11.3 Å². The average Bonchev–Trinajstić information content (AvgIpc) is 2.59. The summed E-state index contributed by atoms with van der Waals surface area (Å²) in [6.07, 6.45) is 4.17. The molecule has 2 aromatic rings. The molecule has 2 rings (SSSR count). The lowest BCUT2D eigenvalue weighted by molar-refractivity contribution is -0.687. The number of halogens is 1. The zero-order valence-corrected chi connectivity index (χ0v) is 8.63. The highest BCUT2D eigenvalue weighted by atomic mass is 35.5. The Kier molecular flexibility index (Phi) is 3.93. The first kappa shape index (κ1) is 10.2. The number of thiophene rings is 1. The van der Waals surface area contributed by atoms with Crippen molar-refractivity contribution in [1.29, 1.82) is 0 Å². The Morgan fingerprint density at radius 2 is 1.85 bits per heavy atom. The van der Waals surface area contributed by atoms with Crippen molar-refractivity contribution in [2.24, 2.45) is 0 Å². The Labute approximate surface area is 88.1 Å². The van der Waals surface area contributed by atoms with Crippen LogP contribution in [-0.2, 0) is 6.54 Å². The smallest absolute Gasteiger partial charge is 0.182 e. The molecule has 0 aliphatic rings. The van der Waals surface area contributed by atoms with Gasteiger partial charge in [-0.25, -0.2) is 0 Å². The number of pyridine rings is 1. The van der Waals surface area contributed by atoms with Gasteiger partial charge in [0.1, 0.15) is 0 Å². The van der Waals surface area contributed by atoms with E-state index >= 15 is 0 Å². The summed E-state index contributed by atoms with van der Waals surface area (Å²) in [5.41, 5.74) is 0. The zero-order valence-electron chi connectivity index (χ0n) is 7.06. The molecule has 0 aromatic carbocycles. The van der Waals surface area contributed by atoms with Crippen LogP contribution >= 0.6 is 11.3 Å². The van der Waals surface area contributed by atoms with Crippen LogP contribution in [0.5, 0.6) is 0 Å². The Morgan fingerprint density at radius 3 is 2.46 bits per heavy atom. The molecule has 68 valence electrons. The van der Waals surface area contributed by atoms with Crippen LogP contribution in [0.4, 0.5) is 0 Å². The van der Waals surface area contributed by atoms with Gasteiger partial charge in [-0.2, -0.15) is 4.57 Å². The van der Waals surface area contributed by atoms with Gasteiger partial charge in [-0.05, 0) is 11.4 Å². The molecule has 2 aromatic heterocycles. The van der Waals surface area contributed by atoms with Crippen molar-refractivity contribution in [3.05, 3.63) is 53.0 Å². The third kappa shape index (κ3) is 2.83. The lowest BCUT2D eigenvalue weighted by atomic mass is 10.4. The summed E-state index contributed by atoms with van der Waals surface area (Å²) in [5, 5.41) is 2.11. The zero-order chi connectivity index (χ0) is 8.23. The second-order valence-corrected chi connectivity index (χ2v) is 3.66. The minimum absolute atomic E-state index is 0. The number of rotatable bonds is 2. The standard InChI is InChI=1S/C10H10NS.ClH/c1-2-6-11(7-3-1)9-10-5-4-8-12-10;/h1-8H,9H2;1H/q+1;/p-1. The molecular formula is C10H10ClNS. The quantitative estimate of drug-likeness (QED) is 0.567. The number of hydrogen-bond donors (Lipinski definition) is 0. The molecule has 3 heteroatoms. The van der Waals surface area contributed by atoms with Gasteiger partial charge in [0.05, 0.1) is 4.88 Å². The fourth-order valence-electron chi connectivity index (χ4n) is 1.12. The molecule has 0 aliphatic heterocycles. The van der Waals surface area contributed by atoms with E-state index in [0.717, 1.165) is 6.54 Å². The molecule has 0 radical (unpaired) electrons. The Balaban J connectivity index is 0.000000845. The van der Waals surface area contributed by atoms with E-state index in [1.807, 2.05) is 18.2 Å². The average molecular weight is 212 g/mol. The molecule has 0 atom stereocenters. The van der Waals surface area contributed by atoms with E-state index in [2.05, 4.69) is 34.5 Å². The first-order valence-electron chi connectivity index (χ1n) is 3.91. The van der Waals surface area contributed by atoms with Gasteiger partial charge in [0.2, 0.25) is 0 Å². The molecule has 0 unspecified atom stereocenters. The lowest BCUT2D eigenvalue weighted by Crippen LogP contribution is -3.00. The topological polar surface area (TPSA) is 3.88 Å². The molecule has 0 N–H and O–H groups in total. The first-order valence-corrected chi connectivity index (χ1v) is 4.79. The molecule has 0 aliphatic carbocycles. The molecule has 1 nitrogen and oxygen atoms in total. The van der Waals surface area contributed by atoms with Crippen LogP contribution in [0.3, 0.4) is 0 Å². The Morgan fingerprint density at radius 1 is 1.08 bits per heavy atom. The molecule has 0 bridgehead atoms. The van der Waals surface area contributed by atoms with Crippen LogP contribution in [0.25, 0.3) is 0 Å². The highest BCUT2D eigenvalue weighted by molar-refractivity contribution is 7.09. The minimum atomic E-state index is 0. The van der Waals surface area contributed by atoms with Crippen molar-refractivity contribution < 1.29 is 17.0 Å². The van der Waals surface area contributed by atoms with Gasteiger partial charge >= 0.3 is 0 Å². The van der Waals surface area contributed by atoms with E-state index in [-0.39, 0.29) is 12.4 Å². The second kappa shape index (κ2) is 5.00. The van der Waals surface area contributed by atoms with Crippen molar-refractivity contribution in [3.8, 4) is 0 Å². The summed E-state index contributed by atoms with van der Waals surface area (Å²) < 4.78 is 2.17. The monoisotopic (exact) mass is 211 g/mol. The summed E-state index contributed by atoms with van der Waals surface area (Å²) in [4.78, 5) is 1.39. The van der Waals surface area contributed by atoms with Crippen LogP contribution in [0.15, 0.2) is 48.1 Å². The predicted octanol–water partition coefficient (Wildman–Crippen LogP) is -0.912. The van der Waals surface area contributed by atoms with E-state index in [1.165, 1.54) is 4.88 Å². The normalized spacial score (nSPS) is 9.23. The summed E-state index contributed by atoms with van der Waals surface area (Å²) in [7, 11) is 0. The molecule has 13 heavy (non-hydrogen) atoms. The van der Waals surface area contributed by atoms with Gasteiger partial charge in [-0.3, -0.25) is 0 Å². The highest BCUT2D eigenvalue weighted by Crippen LogP contribution is 2.06. The largest absolute Gasteiger partial charge is 1.00 e. The Hall–Kier alpha value is -0.860. The van der Waals surface area contributed by atoms with Crippen molar-refractivity contribution in [1.82, 2.24) is 0 Å². The maximum absolute atomic E-state index is 2.17. The van der Waals surface area contributed by atoms with Crippen LogP contribution in [0.1, 0.15) is 4.88 Å². The van der Waals surface area contributed by atoms with Crippen LogP contribution < -0.4 is 17.0 Å². The van der Waals surface area contributed by atoms with E-state index in [0.29, 0.717) is 0 Å². The minimum Gasteiger partial charge on any atom is -1.00 e. The molecule has 0 fully saturated rings. The number of nitrogens with zero attached hydrogens (tertiary/aromatic N) is 1. The molecule has 0 spiro atoms. The van der Waals surface area contributed by atoms with Crippen molar-refractivity contribution >= 4 is 11.3 Å². The third-order valence-electron chi connectivity index (χ3n) is 1.70. The van der Waals surface area contributed by atoms with Gasteiger partial charge in [0.15, 0.2) is 18.9 Å². The van der Waals surface area contributed by atoms with Gasteiger partial charge in [-0.1, -0.05) is 12.1 Å². The molecule has 0 amide bonds. The summed E-state index contributed by atoms with van der Waals surface area (Å²) in [5.74, 6) is 0. The first-order chi connectivity index (χ1) is 5.95. The summed E-state index contributed by atoms with van der Waals surface area (Å²) >= 11 is 1.80. The molecule has 0 saturated carbocycles. The Bertz CT molecular complexity index is 331. The van der Waals surface area contributed by atoms with Crippen LogP contribution in [0.2, 0.25) is 0 Å². The van der Waals surface area contributed by atoms with Crippen LogP contribution in [0, 0.1) is 0 Å². The van der Waals surface area contributed by atoms with Gasteiger partial charge in [0, 0.05) is 12.1 Å². The van der Waals surface area contributed by atoms with Crippen molar-refractivity contribution in [2.75, 3.05) is 0 Å². The fraction of sp³-hybridized carbons (Fsp3) is 0.100. The molecule has 2 heterocycles. The van der Waals surface area contributed by atoms with Crippen LogP contribution in [-0.4, -0.2) is 0 Å². The lowest BCUT2D eigenvalue weighted by Gasteiger charge is -1.91. The van der Waals surface area contributed by atoms with Crippen molar-refractivity contribution in [2.45, 2.75) is 6.54 Å². The predicted molar refractivity (Wildman–Crippen MR) is 50.1 cm³/mol. The number of hydrogen-bond acceptors (Lipinski definition) is 1. The fourth-order valence-corrected chi connectivity index (χ4v) is 1.83.